The first-order valence-corrected chi connectivity index (χ1v) is 6.54. The van der Waals surface area contributed by atoms with Crippen LogP contribution in [0.2, 0.25) is 0 Å². The molecular formula is C15H20N2O4. The highest BCUT2D eigenvalue weighted by atomic mass is 16.5. The maximum absolute atomic E-state index is 11.7. The van der Waals surface area contributed by atoms with Crippen LogP contribution in [0.4, 0.5) is 4.79 Å². The van der Waals surface area contributed by atoms with Gasteiger partial charge in [0.2, 0.25) is 5.91 Å². The molecule has 0 heterocycles. The molecule has 1 aromatic rings. The van der Waals surface area contributed by atoms with E-state index in [0.29, 0.717) is 0 Å². The van der Waals surface area contributed by atoms with Crippen molar-refractivity contribution in [2.45, 2.75) is 26.5 Å². The Bertz CT molecular complexity index is 496. The Hall–Kier alpha value is -2.34. The number of hydrogen-bond acceptors (Lipinski definition) is 4. The van der Waals surface area contributed by atoms with Crippen LogP contribution in [0.5, 0.6) is 0 Å². The summed E-state index contributed by atoms with van der Waals surface area (Å²) in [5.41, 5.74) is 1.73. The monoisotopic (exact) mass is 292 g/mol. The number of allylic oxidation sites excluding steroid dienone is 1. The zero-order valence-corrected chi connectivity index (χ0v) is 12.1. The van der Waals surface area contributed by atoms with Gasteiger partial charge in [0.25, 0.3) is 0 Å². The summed E-state index contributed by atoms with van der Waals surface area (Å²) in [6.45, 7) is 3.22. The van der Waals surface area contributed by atoms with E-state index in [1.165, 1.54) is 6.20 Å². The first-order valence-electron chi connectivity index (χ1n) is 6.54. The number of benzene rings is 1. The second-order valence-electron chi connectivity index (χ2n) is 4.67. The second kappa shape index (κ2) is 8.76. The lowest BCUT2D eigenvalue weighted by Crippen LogP contribution is -2.47. The molecule has 21 heavy (non-hydrogen) atoms. The fourth-order valence-corrected chi connectivity index (χ4v) is 1.42. The minimum absolute atomic E-state index is 0.0976. The molecule has 0 saturated carbocycles. The van der Waals surface area contributed by atoms with Crippen LogP contribution < -0.4 is 10.6 Å². The molecule has 1 aromatic carbocycles. The van der Waals surface area contributed by atoms with Gasteiger partial charge in [-0.3, -0.25) is 4.79 Å². The minimum Gasteiger partial charge on any atom is -0.445 e. The van der Waals surface area contributed by atoms with Crippen molar-refractivity contribution in [1.82, 2.24) is 10.6 Å². The third kappa shape index (κ3) is 6.58. The molecule has 0 unspecified atom stereocenters. The standard InChI is InChI=1S/C15H20N2O4/c1-11(2)8-16-14(19)13(9-18)17-15(20)21-10-12-6-4-3-5-7-12/h3-8,13,18H,9-10H2,1-2H3,(H,16,19)(H,17,20)/t13-/m0/s1. The molecule has 3 N–H and O–H groups in total. The second-order valence-corrected chi connectivity index (χ2v) is 4.67. The molecule has 0 spiro atoms. The van der Waals surface area contributed by atoms with E-state index in [1.807, 2.05) is 44.2 Å². The number of aliphatic hydroxyl groups is 1. The summed E-state index contributed by atoms with van der Waals surface area (Å²) < 4.78 is 4.98. The van der Waals surface area contributed by atoms with Gasteiger partial charge >= 0.3 is 6.09 Å². The summed E-state index contributed by atoms with van der Waals surface area (Å²) in [7, 11) is 0. The SMILES string of the molecule is CC(C)=CNC(=O)[C@H](CO)NC(=O)OCc1ccccc1. The van der Waals surface area contributed by atoms with E-state index in [2.05, 4.69) is 10.6 Å². The largest absolute Gasteiger partial charge is 0.445 e. The lowest BCUT2D eigenvalue weighted by atomic mass is 10.2. The van der Waals surface area contributed by atoms with Crippen molar-refractivity contribution in [2.24, 2.45) is 0 Å². The summed E-state index contributed by atoms with van der Waals surface area (Å²) in [4.78, 5) is 23.3. The molecule has 2 amide bonds. The van der Waals surface area contributed by atoms with Crippen molar-refractivity contribution in [1.29, 1.82) is 0 Å². The number of carbonyl (C=O) groups is 2. The van der Waals surface area contributed by atoms with E-state index < -0.39 is 24.6 Å². The summed E-state index contributed by atoms with van der Waals surface area (Å²) >= 11 is 0. The summed E-state index contributed by atoms with van der Waals surface area (Å²) in [5, 5.41) is 13.9. The number of nitrogens with one attached hydrogen (secondary N) is 2. The predicted octanol–water partition coefficient (Wildman–Crippen LogP) is 1.31. The lowest BCUT2D eigenvalue weighted by molar-refractivity contribution is -0.123. The molecule has 6 nitrogen and oxygen atoms in total. The van der Waals surface area contributed by atoms with Crippen LogP contribution in [0.1, 0.15) is 19.4 Å². The lowest BCUT2D eigenvalue weighted by Gasteiger charge is -2.15. The maximum Gasteiger partial charge on any atom is 0.408 e. The minimum atomic E-state index is -1.05. The molecule has 0 radical (unpaired) electrons. The zero-order valence-electron chi connectivity index (χ0n) is 12.1. The summed E-state index contributed by atoms with van der Waals surface area (Å²) in [5.74, 6) is -0.504. The molecule has 0 bridgehead atoms. The molecule has 0 aromatic heterocycles. The molecule has 0 aliphatic rings. The topological polar surface area (TPSA) is 87.7 Å². The fraction of sp³-hybridized carbons (Fsp3) is 0.333. The number of alkyl carbamates (subject to hydrolysis) is 1. The molecule has 1 atom stereocenters. The Morgan fingerprint density at radius 1 is 1.29 bits per heavy atom. The van der Waals surface area contributed by atoms with E-state index in [4.69, 9.17) is 9.84 Å². The Balaban J connectivity index is 2.43. The fourth-order valence-electron chi connectivity index (χ4n) is 1.42. The molecule has 114 valence electrons. The van der Waals surface area contributed by atoms with Crippen LogP contribution >= 0.6 is 0 Å². The van der Waals surface area contributed by atoms with Crippen molar-refractivity contribution in [3.63, 3.8) is 0 Å². The van der Waals surface area contributed by atoms with E-state index in [-0.39, 0.29) is 6.61 Å². The van der Waals surface area contributed by atoms with E-state index >= 15 is 0 Å². The van der Waals surface area contributed by atoms with Gasteiger partial charge in [-0.2, -0.15) is 0 Å². The van der Waals surface area contributed by atoms with E-state index in [9.17, 15) is 9.59 Å². The van der Waals surface area contributed by atoms with Crippen LogP contribution in [0.3, 0.4) is 0 Å². The van der Waals surface area contributed by atoms with E-state index in [1.54, 1.807) is 0 Å². The van der Waals surface area contributed by atoms with Gasteiger partial charge in [0.1, 0.15) is 12.6 Å². The van der Waals surface area contributed by atoms with Gasteiger partial charge in [0, 0.05) is 6.20 Å². The maximum atomic E-state index is 11.7. The van der Waals surface area contributed by atoms with Crippen LogP contribution in [-0.2, 0) is 16.1 Å². The van der Waals surface area contributed by atoms with Crippen molar-refractivity contribution < 1.29 is 19.4 Å². The number of aliphatic hydroxyl groups excluding tert-OH is 1. The van der Waals surface area contributed by atoms with Gasteiger partial charge in [0.15, 0.2) is 0 Å². The summed E-state index contributed by atoms with van der Waals surface area (Å²) in [6.07, 6.45) is 0.743. The zero-order chi connectivity index (χ0) is 15.7. The van der Waals surface area contributed by atoms with Crippen molar-refractivity contribution in [2.75, 3.05) is 6.61 Å². The third-order valence-electron chi connectivity index (χ3n) is 2.51. The first kappa shape index (κ1) is 16.7. The number of rotatable bonds is 6. The molecule has 0 aliphatic carbocycles. The van der Waals surface area contributed by atoms with Crippen LogP contribution in [0.15, 0.2) is 42.1 Å². The van der Waals surface area contributed by atoms with Crippen molar-refractivity contribution in [3.8, 4) is 0 Å². The highest BCUT2D eigenvalue weighted by molar-refractivity contribution is 5.86. The van der Waals surface area contributed by atoms with Crippen LogP contribution in [0, 0.1) is 0 Å². The molecule has 6 heteroatoms. The van der Waals surface area contributed by atoms with Crippen LogP contribution in [0.25, 0.3) is 0 Å². The Morgan fingerprint density at radius 2 is 1.95 bits per heavy atom. The van der Waals surface area contributed by atoms with Crippen molar-refractivity contribution in [3.05, 3.63) is 47.7 Å². The number of ether oxygens (including phenoxy) is 1. The normalized spacial score (nSPS) is 11.2. The molecule has 1 rings (SSSR count). The Labute approximate surface area is 123 Å². The van der Waals surface area contributed by atoms with Crippen molar-refractivity contribution >= 4 is 12.0 Å². The summed E-state index contributed by atoms with van der Waals surface area (Å²) in [6, 6.07) is 8.11. The predicted molar refractivity (Wildman–Crippen MR) is 78.2 cm³/mol. The number of amides is 2. The average molecular weight is 292 g/mol. The number of carbonyl (C=O) groups excluding carboxylic acids is 2. The quantitative estimate of drug-likeness (QED) is 0.738. The molecular weight excluding hydrogens is 272 g/mol. The Kier molecular flexibility index (Phi) is 6.97. The van der Waals surface area contributed by atoms with Gasteiger partial charge in [-0.25, -0.2) is 4.79 Å². The van der Waals surface area contributed by atoms with Gasteiger partial charge in [-0.15, -0.1) is 0 Å². The van der Waals surface area contributed by atoms with Gasteiger partial charge in [0.05, 0.1) is 6.61 Å². The smallest absolute Gasteiger partial charge is 0.408 e. The average Bonchev–Trinajstić information content (AvgIpc) is 2.49. The van der Waals surface area contributed by atoms with Gasteiger partial charge < -0.3 is 20.5 Å². The Morgan fingerprint density at radius 3 is 2.52 bits per heavy atom. The van der Waals surface area contributed by atoms with Gasteiger partial charge in [-0.1, -0.05) is 35.9 Å². The molecule has 0 saturated heterocycles. The van der Waals surface area contributed by atoms with Crippen LogP contribution in [-0.4, -0.2) is 29.8 Å². The highest BCUT2D eigenvalue weighted by Crippen LogP contribution is 2.00. The molecule has 0 aliphatic heterocycles. The molecule has 0 fully saturated rings. The first-order chi connectivity index (χ1) is 10.0. The highest BCUT2D eigenvalue weighted by Gasteiger charge is 2.19. The van der Waals surface area contributed by atoms with Gasteiger partial charge in [-0.05, 0) is 19.4 Å². The third-order valence-corrected chi connectivity index (χ3v) is 2.51. The van der Waals surface area contributed by atoms with E-state index in [0.717, 1.165) is 11.1 Å². The number of hydrogen-bond donors (Lipinski definition) is 3.